The molecule has 0 N–H and O–H groups in total. The lowest BCUT2D eigenvalue weighted by atomic mass is 10.1. The summed E-state index contributed by atoms with van der Waals surface area (Å²) in [5.41, 5.74) is 4.40. The van der Waals surface area contributed by atoms with Crippen LogP contribution in [-0.4, -0.2) is 48.9 Å². The Morgan fingerprint density at radius 1 is 0.784 bits per heavy atom. The van der Waals surface area contributed by atoms with E-state index in [4.69, 9.17) is 9.72 Å². The van der Waals surface area contributed by atoms with Gasteiger partial charge in [0.2, 0.25) is 16.0 Å². The number of sulfonamides is 1. The van der Waals surface area contributed by atoms with Gasteiger partial charge in [-0.25, -0.2) is 18.4 Å². The molecule has 0 unspecified atom stereocenters. The second-order valence-electron chi connectivity index (χ2n) is 9.30. The summed E-state index contributed by atoms with van der Waals surface area (Å²) in [6, 6.07) is 23.2. The highest BCUT2D eigenvalue weighted by atomic mass is 32.2. The third-order valence-corrected chi connectivity index (χ3v) is 8.70. The van der Waals surface area contributed by atoms with Crippen LogP contribution in [-0.2, 0) is 10.0 Å². The van der Waals surface area contributed by atoms with E-state index in [1.807, 2.05) is 98.5 Å². The third kappa shape index (κ3) is 5.35. The van der Waals surface area contributed by atoms with Crippen molar-refractivity contribution < 1.29 is 13.2 Å². The van der Waals surface area contributed by atoms with Crippen LogP contribution in [0.1, 0.15) is 16.7 Å². The molecular formula is C29H30N4O3S. The minimum absolute atomic E-state index is 0.383. The zero-order chi connectivity index (χ0) is 26.0. The zero-order valence-corrected chi connectivity index (χ0v) is 22.1. The normalized spacial score (nSPS) is 14.5. The number of aromatic nitrogens is 2. The fourth-order valence-electron chi connectivity index (χ4n) is 4.81. The molecule has 1 aliphatic heterocycles. The number of piperazine rings is 1. The molecule has 0 radical (unpaired) electrons. The number of anilines is 1. The first-order valence-corrected chi connectivity index (χ1v) is 13.7. The predicted molar refractivity (Wildman–Crippen MR) is 146 cm³/mol. The van der Waals surface area contributed by atoms with E-state index in [2.05, 4.69) is 4.98 Å². The van der Waals surface area contributed by atoms with Crippen molar-refractivity contribution in [1.82, 2.24) is 14.3 Å². The summed E-state index contributed by atoms with van der Waals surface area (Å²) in [6.07, 6.45) is 1.74. The Hall–Kier alpha value is -3.75. The van der Waals surface area contributed by atoms with Gasteiger partial charge in [0.05, 0.1) is 10.6 Å². The van der Waals surface area contributed by atoms with Crippen LogP contribution in [0.4, 0.5) is 5.95 Å². The first-order valence-electron chi connectivity index (χ1n) is 12.3. The van der Waals surface area contributed by atoms with Gasteiger partial charge in [-0.3, -0.25) is 0 Å². The Balaban J connectivity index is 1.27. The number of rotatable bonds is 6. The van der Waals surface area contributed by atoms with Gasteiger partial charge in [0.25, 0.3) is 0 Å². The van der Waals surface area contributed by atoms with Gasteiger partial charge in [-0.15, -0.1) is 0 Å². The molecule has 1 aliphatic rings. The molecule has 0 atom stereocenters. The van der Waals surface area contributed by atoms with Crippen molar-refractivity contribution in [3.63, 3.8) is 0 Å². The van der Waals surface area contributed by atoms with Crippen LogP contribution in [0.2, 0.25) is 0 Å². The minimum Gasteiger partial charge on any atom is -0.457 e. The number of aryl methyl sites for hydroxylation is 3. The summed E-state index contributed by atoms with van der Waals surface area (Å²) in [5.74, 6) is 2.14. The van der Waals surface area contributed by atoms with Crippen molar-refractivity contribution in [1.29, 1.82) is 0 Å². The van der Waals surface area contributed by atoms with Crippen LogP contribution in [0, 0.1) is 20.8 Å². The van der Waals surface area contributed by atoms with Crippen LogP contribution in [0.5, 0.6) is 11.5 Å². The minimum atomic E-state index is -3.57. The molecule has 1 saturated heterocycles. The smallest absolute Gasteiger partial charge is 0.243 e. The van der Waals surface area contributed by atoms with Crippen molar-refractivity contribution in [2.75, 3.05) is 31.1 Å². The maximum atomic E-state index is 13.4. The fourth-order valence-corrected chi connectivity index (χ4v) is 6.64. The molecular weight excluding hydrogens is 484 g/mol. The Morgan fingerprint density at radius 2 is 1.41 bits per heavy atom. The van der Waals surface area contributed by atoms with Gasteiger partial charge >= 0.3 is 0 Å². The Morgan fingerprint density at radius 3 is 2.05 bits per heavy atom. The summed E-state index contributed by atoms with van der Waals surface area (Å²) >= 11 is 0. The first kappa shape index (κ1) is 24.9. The second kappa shape index (κ2) is 10.3. The number of hydrogen-bond donors (Lipinski definition) is 0. The number of nitrogens with zero attached hydrogens (tertiary/aromatic N) is 4. The van der Waals surface area contributed by atoms with Gasteiger partial charge < -0.3 is 9.64 Å². The maximum absolute atomic E-state index is 13.4. The Labute approximate surface area is 218 Å². The summed E-state index contributed by atoms with van der Waals surface area (Å²) < 4.78 is 34.3. The maximum Gasteiger partial charge on any atom is 0.243 e. The van der Waals surface area contributed by atoms with Gasteiger partial charge in [0.15, 0.2) is 0 Å². The van der Waals surface area contributed by atoms with Crippen LogP contribution < -0.4 is 9.64 Å². The van der Waals surface area contributed by atoms with Crippen molar-refractivity contribution in [2.45, 2.75) is 25.7 Å². The largest absolute Gasteiger partial charge is 0.457 e. The SMILES string of the molecule is Cc1cc(C)c(S(=O)(=O)N2CCN(c3nccc(-c4ccc(Oc5ccccc5)cc4)n3)CC2)c(C)c1. The molecule has 0 saturated carbocycles. The summed E-state index contributed by atoms with van der Waals surface area (Å²) in [7, 11) is -3.57. The van der Waals surface area contributed by atoms with E-state index in [-0.39, 0.29) is 0 Å². The predicted octanol–water partition coefficient (Wildman–Crippen LogP) is 5.37. The lowest BCUT2D eigenvalue weighted by molar-refractivity contribution is 0.382. The molecule has 0 spiro atoms. The summed E-state index contributed by atoms with van der Waals surface area (Å²) in [4.78, 5) is 11.7. The average Bonchev–Trinajstić information content (AvgIpc) is 2.89. The lowest BCUT2D eigenvalue weighted by Gasteiger charge is -2.34. The molecule has 2 heterocycles. The van der Waals surface area contributed by atoms with Crippen LogP contribution in [0.25, 0.3) is 11.3 Å². The first-order chi connectivity index (χ1) is 17.8. The van der Waals surface area contributed by atoms with Gasteiger partial charge in [-0.05, 0) is 74.4 Å². The van der Waals surface area contributed by atoms with E-state index in [0.29, 0.717) is 37.0 Å². The molecule has 0 bridgehead atoms. The zero-order valence-electron chi connectivity index (χ0n) is 21.3. The molecule has 0 amide bonds. The van der Waals surface area contributed by atoms with E-state index in [1.165, 1.54) is 0 Å². The molecule has 7 nitrogen and oxygen atoms in total. The molecule has 8 heteroatoms. The van der Waals surface area contributed by atoms with Crippen molar-refractivity contribution in [3.05, 3.63) is 95.7 Å². The van der Waals surface area contributed by atoms with Gasteiger partial charge in [-0.1, -0.05) is 35.9 Å². The highest BCUT2D eigenvalue weighted by molar-refractivity contribution is 7.89. The molecule has 3 aromatic carbocycles. The van der Waals surface area contributed by atoms with Crippen molar-refractivity contribution in [3.8, 4) is 22.8 Å². The van der Waals surface area contributed by atoms with Crippen LogP contribution >= 0.6 is 0 Å². The Bertz CT molecular complexity index is 1480. The number of hydrogen-bond acceptors (Lipinski definition) is 6. The fraction of sp³-hybridized carbons (Fsp3) is 0.241. The molecule has 5 rings (SSSR count). The van der Waals surface area contributed by atoms with Gasteiger partial charge in [0, 0.05) is 37.9 Å². The molecule has 190 valence electrons. The molecule has 1 aromatic heterocycles. The highest BCUT2D eigenvalue weighted by Gasteiger charge is 2.31. The summed E-state index contributed by atoms with van der Waals surface area (Å²) in [5, 5.41) is 0. The standard InChI is InChI=1S/C29H30N4O3S/c1-21-19-22(2)28(23(3)20-21)37(34,35)33-17-15-32(16-18-33)29-30-14-13-27(31-29)24-9-11-26(12-10-24)36-25-7-5-4-6-8-25/h4-14,19-20H,15-18H2,1-3H3. The number of benzene rings is 3. The van der Waals surface area contributed by atoms with Crippen LogP contribution in [0.15, 0.2) is 83.9 Å². The van der Waals surface area contributed by atoms with E-state index in [1.54, 1.807) is 10.5 Å². The third-order valence-electron chi connectivity index (χ3n) is 6.50. The lowest BCUT2D eigenvalue weighted by Crippen LogP contribution is -2.49. The number of para-hydroxylation sites is 1. The molecule has 37 heavy (non-hydrogen) atoms. The Kier molecular flexibility index (Phi) is 6.95. The van der Waals surface area contributed by atoms with Crippen LogP contribution in [0.3, 0.4) is 0 Å². The topological polar surface area (TPSA) is 75.6 Å². The van der Waals surface area contributed by atoms with Crippen molar-refractivity contribution >= 4 is 16.0 Å². The van der Waals surface area contributed by atoms with E-state index in [0.717, 1.165) is 39.4 Å². The van der Waals surface area contributed by atoms with E-state index in [9.17, 15) is 8.42 Å². The molecule has 4 aromatic rings. The summed E-state index contributed by atoms with van der Waals surface area (Å²) in [6.45, 7) is 7.52. The average molecular weight is 515 g/mol. The monoisotopic (exact) mass is 514 g/mol. The highest BCUT2D eigenvalue weighted by Crippen LogP contribution is 2.28. The number of ether oxygens (including phenoxy) is 1. The molecule has 1 fully saturated rings. The van der Waals surface area contributed by atoms with E-state index < -0.39 is 10.0 Å². The molecule has 0 aliphatic carbocycles. The second-order valence-corrected chi connectivity index (χ2v) is 11.2. The quantitative estimate of drug-likeness (QED) is 0.344. The van der Waals surface area contributed by atoms with Crippen molar-refractivity contribution in [2.24, 2.45) is 0 Å². The van der Waals surface area contributed by atoms with Gasteiger partial charge in [0.1, 0.15) is 11.5 Å². The van der Waals surface area contributed by atoms with Gasteiger partial charge in [-0.2, -0.15) is 4.31 Å². The van der Waals surface area contributed by atoms with E-state index >= 15 is 0 Å².